The Labute approximate surface area is 223 Å². The normalized spacial score (nSPS) is 19.1. The predicted molar refractivity (Wildman–Crippen MR) is 148 cm³/mol. The largest absolute Gasteiger partial charge is 0.497 e. The highest BCUT2D eigenvalue weighted by Gasteiger charge is 2.30. The van der Waals surface area contributed by atoms with Crippen LogP contribution in [0.3, 0.4) is 0 Å². The summed E-state index contributed by atoms with van der Waals surface area (Å²) in [4.78, 5) is 19.5. The van der Waals surface area contributed by atoms with E-state index in [1.54, 1.807) is 19.4 Å². The number of aliphatic carboxylic acids is 1. The van der Waals surface area contributed by atoms with Crippen molar-refractivity contribution in [1.82, 2.24) is 9.88 Å². The summed E-state index contributed by atoms with van der Waals surface area (Å²) in [5, 5.41) is 10.1. The van der Waals surface area contributed by atoms with Crippen LogP contribution >= 0.6 is 11.8 Å². The quantitative estimate of drug-likeness (QED) is 0.259. The molecule has 1 aliphatic rings. The van der Waals surface area contributed by atoms with E-state index >= 15 is 4.39 Å². The monoisotopic (exact) mass is 524 g/mol. The van der Waals surface area contributed by atoms with Gasteiger partial charge in [-0.3, -0.25) is 9.78 Å². The molecule has 7 heteroatoms. The molecule has 2 aromatic carbocycles. The SMILES string of the molecule is COc1ccc2nccc([C@@H](F)CCC3CCN(CCSc4ccccc4C)CC3CCC(=O)O)c2c1. The number of hydrogen-bond donors (Lipinski definition) is 1. The Morgan fingerprint density at radius 2 is 2.05 bits per heavy atom. The third-order valence-corrected chi connectivity index (χ3v) is 8.73. The number of methoxy groups -OCH3 is 1. The molecule has 5 nitrogen and oxygen atoms in total. The molecule has 1 saturated heterocycles. The molecule has 2 unspecified atom stereocenters. The molecule has 0 spiro atoms. The first-order valence-electron chi connectivity index (χ1n) is 13.1. The van der Waals surface area contributed by atoms with E-state index in [-0.39, 0.29) is 12.3 Å². The van der Waals surface area contributed by atoms with E-state index < -0.39 is 12.1 Å². The van der Waals surface area contributed by atoms with E-state index in [9.17, 15) is 9.90 Å². The molecule has 3 atom stereocenters. The Balaban J connectivity index is 1.35. The van der Waals surface area contributed by atoms with Crippen molar-refractivity contribution in [2.75, 3.05) is 32.5 Å². The fraction of sp³-hybridized carbons (Fsp3) is 0.467. The number of pyridine rings is 1. The van der Waals surface area contributed by atoms with Gasteiger partial charge >= 0.3 is 5.97 Å². The zero-order valence-corrected chi connectivity index (χ0v) is 22.6. The van der Waals surface area contributed by atoms with Crippen molar-refractivity contribution < 1.29 is 19.0 Å². The van der Waals surface area contributed by atoms with Crippen LogP contribution in [0.5, 0.6) is 5.75 Å². The fourth-order valence-electron chi connectivity index (χ4n) is 5.44. The average molecular weight is 525 g/mol. The van der Waals surface area contributed by atoms with Crippen molar-refractivity contribution in [1.29, 1.82) is 0 Å². The molecule has 0 saturated carbocycles. The first kappa shape index (κ1) is 27.4. The van der Waals surface area contributed by atoms with Crippen LogP contribution in [-0.4, -0.2) is 53.5 Å². The minimum absolute atomic E-state index is 0.167. The van der Waals surface area contributed by atoms with Crippen LogP contribution < -0.4 is 4.74 Å². The minimum Gasteiger partial charge on any atom is -0.497 e. The Bertz CT molecular complexity index is 1190. The first-order valence-corrected chi connectivity index (χ1v) is 14.1. The molecule has 0 radical (unpaired) electrons. The van der Waals surface area contributed by atoms with E-state index in [0.717, 1.165) is 49.1 Å². The van der Waals surface area contributed by atoms with Crippen LogP contribution in [0.15, 0.2) is 59.6 Å². The van der Waals surface area contributed by atoms with Crippen molar-refractivity contribution in [2.45, 2.75) is 50.1 Å². The van der Waals surface area contributed by atoms with Crippen LogP contribution in [0.4, 0.5) is 4.39 Å². The second-order valence-electron chi connectivity index (χ2n) is 9.98. The van der Waals surface area contributed by atoms with E-state index in [1.807, 2.05) is 30.0 Å². The highest BCUT2D eigenvalue weighted by Crippen LogP contribution is 2.37. The summed E-state index contributed by atoms with van der Waals surface area (Å²) in [5.41, 5.74) is 2.71. The third-order valence-electron chi connectivity index (χ3n) is 7.57. The van der Waals surface area contributed by atoms with Crippen molar-refractivity contribution in [3.8, 4) is 5.75 Å². The third kappa shape index (κ3) is 7.45. The Kier molecular flexibility index (Phi) is 9.81. The molecule has 198 valence electrons. The Hall–Kier alpha value is -2.64. The average Bonchev–Trinajstić information content (AvgIpc) is 2.91. The van der Waals surface area contributed by atoms with E-state index in [0.29, 0.717) is 30.1 Å². The van der Waals surface area contributed by atoms with Gasteiger partial charge in [0.2, 0.25) is 0 Å². The van der Waals surface area contributed by atoms with Gasteiger partial charge in [-0.2, -0.15) is 0 Å². The van der Waals surface area contributed by atoms with Gasteiger partial charge in [-0.05, 0) is 92.4 Å². The maximum atomic E-state index is 15.6. The number of aromatic nitrogens is 1. The lowest BCUT2D eigenvalue weighted by Crippen LogP contribution is -2.41. The lowest BCUT2D eigenvalue weighted by molar-refractivity contribution is -0.137. The number of carboxylic acid groups (broad SMARTS) is 1. The van der Waals surface area contributed by atoms with Crippen molar-refractivity contribution in [3.05, 3.63) is 65.9 Å². The number of thioether (sulfide) groups is 1. The Morgan fingerprint density at radius 1 is 1.22 bits per heavy atom. The topological polar surface area (TPSA) is 62.7 Å². The summed E-state index contributed by atoms with van der Waals surface area (Å²) in [7, 11) is 1.61. The molecule has 0 aliphatic carbocycles. The zero-order valence-electron chi connectivity index (χ0n) is 21.7. The fourth-order valence-corrected chi connectivity index (χ4v) is 6.48. The molecule has 4 rings (SSSR count). The highest BCUT2D eigenvalue weighted by molar-refractivity contribution is 7.99. The molecule has 1 aliphatic heterocycles. The van der Waals surface area contributed by atoms with Gasteiger partial charge in [-0.25, -0.2) is 4.39 Å². The number of benzene rings is 2. The van der Waals surface area contributed by atoms with Crippen molar-refractivity contribution in [2.24, 2.45) is 11.8 Å². The van der Waals surface area contributed by atoms with Gasteiger partial charge in [0, 0.05) is 41.7 Å². The summed E-state index contributed by atoms with van der Waals surface area (Å²) >= 11 is 1.88. The van der Waals surface area contributed by atoms with E-state index in [4.69, 9.17) is 4.74 Å². The molecule has 0 amide bonds. The maximum Gasteiger partial charge on any atom is 0.303 e. The van der Waals surface area contributed by atoms with Crippen LogP contribution in [-0.2, 0) is 4.79 Å². The standard InChI is InChI=1S/C30H37FN2O3S/c1-21-5-3-4-6-29(21)37-18-17-33-16-14-22(23(20-33)8-12-30(34)35)7-10-27(31)25-13-15-32-28-11-9-24(36-2)19-26(25)28/h3-6,9,11,13,15,19,22-23,27H,7-8,10,12,14,16-18,20H2,1-2H3,(H,34,35)/t22?,23?,27-/m0/s1. The van der Waals surface area contributed by atoms with Crippen LogP contribution in [0.1, 0.15) is 49.4 Å². The van der Waals surface area contributed by atoms with Crippen molar-refractivity contribution in [3.63, 3.8) is 0 Å². The summed E-state index contributed by atoms with van der Waals surface area (Å²) in [6, 6.07) is 15.8. The number of rotatable bonds is 12. The van der Waals surface area contributed by atoms with Crippen molar-refractivity contribution >= 4 is 28.6 Å². The highest BCUT2D eigenvalue weighted by atomic mass is 32.2. The number of aryl methyl sites for hydroxylation is 1. The molecular formula is C30H37FN2O3S. The number of carboxylic acids is 1. The van der Waals surface area contributed by atoms with E-state index in [2.05, 4.69) is 41.1 Å². The smallest absolute Gasteiger partial charge is 0.303 e. The molecule has 0 bridgehead atoms. The number of fused-ring (bicyclic) bond motifs is 1. The van der Waals surface area contributed by atoms with Gasteiger partial charge in [0.1, 0.15) is 11.9 Å². The summed E-state index contributed by atoms with van der Waals surface area (Å²) in [6.45, 7) is 4.98. The van der Waals surface area contributed by atoms with Crippen LogP contribution in [0.25, 0.3) is 10.9 Å². The molecule has 3 aromatic rings. The molecule has 37 heavy (non-hydrogen) atoms. The number of hydrogen-bond acceptors (Lipinski definition) is 5. The predicted octanol–water partition coefficient (Wildman–Crippen LogP) is 6.94. The molecule has 1 aromatic heterocycles. The van der Waals surface area contributed by atoms with Gasteiger partial charge in [0.15, 0.2) is 0 Å². The zero-order chi connectivity index (χ0) is 26.2. The number of ether oxygens (including phenoxy) is 1. The molecule has 1 N–H and O–H groups in total. The van der Waals surface area contributed by atoms with Gasteiger partial charge in [0.05, 0.1) is 12.6 Å². The van der Waals surface area contributed by atoms with Gasteiger partial charge < -0.3 is 14.7 Å². The second-order valence-corrected chi connectivity index (χ2v) is 11.1. The second kappa shape index (κ2) is 13.2. The molecule has 2 heterocycles. The van der Waals surface area contributed by atoms with Gasteiger partial charge in [-0.15, -0.1) is 11.8 Å². The van der Waals surface area contributed by atoms with Crippen LogP contribution in [0, 0.1) is 18.8 Å². The summed E-state index contributed by atoms with van der Waals surface area (Å²) in [5.74, 6) is 1.55. The number of likely N-dealkylation sites (tertiary alicyclic amines) is 1. The number of carbonyl (C=O) groups is 1. The minimum atomic E-state index is -1.10. The summed E-state index contributed by atoms with van der Waals surface area (Å²) in [6.07, 6.45) is 3.55. The lowest BCUT2D eigenvalue weighted by Gasteiger charge is -2.39. The number of nitrogens with zero attached hydrogens (tertiary/aromatic N) is 2. The molecular weight excluding hydrogens is 487 g/mol. The first-order chi connectivity index (χ1) is 17.9. The van der Waals surface area contributed by atoms with Gasteiger partial charge in [-0.1, -0.05) is 18.2 Å². The lowest BCUT2D eigenvalue weighted by atomic mass is 9.79. The maximum absolute atomic E-state index is 15.6. The van der Waals surface area contributed by atoms with Gasteiger partial charge in [0.25, 0.3) is 0 Å². The van der Waals surface area contributed by atoms with E-state index in [1.165, 1.54) is 10.5 Å². The molecule has 1 fully saturated rings. The van der Waals surface area contributed by atoms with Crippen LogP contribution in [0.2, 0.25) is 0 Å². The number of halogens is 1. The summed E-state index contributed by atoms with van der Waals surface area (Å²) < 4.78 is 20.9. The Morgan fingerprint density at radius 3 is 2.84 bits per heavy atom. The number of piperidine rings is 1. The number of alkyl halides is 1.